The average Bonchev–Trinajstić information content (AvgIpc) is 3.03. The van der Waals surface area contributed by atoms with Crippen molar-refractivity contribution >= 4 is 29.6 Å². The predicted octanol–water partition coefficient (Wildman–Crippen LogP) is 2.59. The lowest BCUT2D eigenvalue weighted by Gasteiger charge is -2.36. The van der Waals surface area contributed by atoms with Crippen LogP contribution in [0.1, 0.15) is 31.9 Å². The van der Waals surface area contributed by atoms with Crippen LogP contribution >= 0.6 is 11.6 Å². The molecule has 0 saturated carbocycles. The van der Waals surface area contributed by atoms with E-state index >= 15 is 0 Å². The number of hydrogen-bond acceptors (Lipinski definition) is 5. The zero-order valence-electron chi connectivity index (χ0n) is 19.4. The molecule has 2 N–H and O–H groups in total. The van der Waals surface area contributed by atoms with Crippen molar-refractivity contribution in [3.63, 3.8) is 0 Å². The molecule has 1 unspecified atom stereocenters. The lowest BCUT2D eigenvalue weighted by Crippen LogP contribution is -2.49. The highest BCUT2D eigenvalue weighted by molar-refractivity contribution is 6.30. The second kappa shape index (κ2) is 11.4. The zero-order chi connectivity index (χ0) is 24.0. The Labute approximate surface area is 199 Å². The highest BCUT2D eigenvalue weighted by Crippen LogP contribution is 2.32. The molecule has 2 aliphatic rings. The van der Waals surface area contributed by atoms with Crippen LogP contribution in [0.2, 0.25) is 5.02 Å². The minimum absolute atomic E-state index is 0.0669. The Hall–Kier alpha value is -2.78. The van der Waals surface area contributed by atoms with Gasteiger partial charge < -0.3 is 20.3 Å². The molecule has 1 atom stereocenters. The number of hydrogen-bond donors (Lipinski definition) is 2. The lowest BCUT2D eigenvalue weighted by atomic mass is 9.94. The van der Waals surface area contributed by atoms with Crippen molar-refractivity contribution in [3.05, 3.63) is 46.1 Å². The van der Waals surface area contributed by atoms with Gasteiger partial charge in [-0.05, 0) is 38.0 Å². The Morgan fingerprint density at radius 1 is 1.15 bits per heavy atom. The first-order valence-electron chi connectivity index (χ1n) is 11.3. The van der Waals surface area contributed by atoms with Crippen molar-refractivity contribution in [1.29, 1.82) is 0 Å². The van der Waals surface area contributed by atoms with Crippen LogP contribution in [0.15, 0.2) is 35.5 Å². The third kappa shape index (κ3) is 5.97. The first kappa shape index (κ1) is 24.9. The van der Waals surface area contributed by atoms with E-state index in [4.69, 9.17) is 16.3 Å². The minimum atomic E-state index is -0.640. The number of nitrogens with one attached hydrogen (secondary N) is 2. The van der Waals surface area contributed by atoms with Crippen molar-refractivity contribution < 1.29 is 19.1 Å². The summed E-state index contributed by atoms with van der Waals surface area (Å²) in [6.07, 6.45) is 0.801. The normalized spacial score (nSPS) is 19.8. The summed E-state index contributed by atoms with van der Waals surface area (Å²) in [6, 6.07) is 6.05. The molecule has 2 heterocycles. The molecule has 0 bridgehead atoms. The number of esters is 1. The number of benzene rings is 1. The molecule has 4 amide bonds. The van der Waals surface area contributed by atoms with Gasteiger partial charge >= 0.3 is 18.0 Å². The molecule has 3 rings (SSSR count). The number of ether oxygens (including phenoxy) is 1. The molecule has 9 nitrogen and oxygen atoms in total. The lowest BCUT2D eigenvalue weighted by molar-refractivity contribution is -0.139. The van der Waals surface area contributed by atoms with Gasteiger partial charge in [0.25, 0.3) is 0 Å². The van der Waals surface area contributed by atoms with Crippen LogP contribution in [-0.4, -0.2) is 85.7 Å². The molecule has 33 heavy (non-hydrogen) atoms. The number of halogens is 1. The molecule has 1 aromatic rings. The van der Waals surface area contributed by atoms with Crippen LogP contribution in [0.5, 0.6) is 0 Å². The van der Waals surface area contributed by atoms with Gasteiger partial charge in [0.05, 0.1) is 18.2 Å². The Morgan fingerprint density at radius 3 is 2.55 bits per heavy atom. The molecule has 1 saturated heterocycles. The minimum Gasteiger partial charge on any atom is -0.463 e. The van der Waals surface area contributed by atoms with E-state index in [1.807, 2.05) is 6.92 Å². The molecule has 1 aromatic carbocycles. The largest absolute Gasteiger partial charge is 0.463 e. The van der Waals surface area contributed by atoms with Crippen LogP contribution in [0.4, 0.5) is 9.59 Å². The van der Waals surface area contributed by atoms with Crippen LogP contribution < -0.4 is 10.6 Å². The fraction of sp³-hybridized carbons (Fsp3) is 0.522. The van der Waals surface area contributed by atoms with Crippen LogP contribution in [0.25, 0.3) is 0 Å². The molecule has 180 valence electrons. The van der Waals surface area contributed by atoms with E-state index in [2.05, 4.69) is 15.5 Å². The summed E-state index contributed by atoms with van der Waals surface area (Å²) in [6.45, 7) is 7.48. The van der Waals surface area contributed by atoms with Gasteiger partial charge in [0.2, 0.25) is 0 Å². The summed E-state index contributed by atoms with van der Waals surface area (Å²) < 4.78 is 5.38. The smallest absolute Gasteiger partial charge is 0.338 e. The Balaban J connectivity index is 1.91. The SMILES string of the molecule is CCNC(=O)N1CCCN(CC2=C(C(=O)OCC)C(c3ccc(Cl)cc3)NC(=O)N2C)CC1. The predicted molar refractivity (Wildman–Crippen MR) is 126 cm³/mol. The first-order chi connectivity index (χ1) is 15.8. The quantitative estimate of drug-likeness (QED) is 0.614. The number of nitrogens with zero attached hydrogens (tertiary/aromatic N) is 3. The molecule has 2 aliphatic heterocycles. The Kier molecular flexibility index (Phi) is 8.57. The van der Waals surface area contributed by atoms with E-state index in [0.29, 0.717) is 49.0 Å². The molecule has 0 aromatic heterocycles. The van der Waals surface area contributed by atoms with E-state index in [0.717, 1.165) is 18.5 Å². The summed E-state index contributed by atoms with van der Waals surface area (Å²) in [5.74, 6) is -0.460. The molecule has 10 heteroatoms. The maximum absolute atomic E-state index is 13.1. The second-order valence-corrected chi connectivity index (χ2v) is 8.46. The van der Waals surface area contributed by atoms with E-state index in [9.17, 15) is 14.4 Å². The standard InChI is InChI=1S/C23H32ClN5O4/c1-4-25-22(31)29-12-6-11-28(13-14-29)15-18-19(21(30)33-5-2)20(26-23(32)27(18)3)16-7-9-17(24)10-8-16/h7-10,20H,4-6,11-15H2,1-3H3,(H,25,31)(H,26,32). The van der Waals surface area contributed by atoms with E-state index in [-0.39, 0.29) is 18.7 Å². The van der Waals surface area contributed by atoms with E-state index in [1.54, 1.807) is 43.1 Å². The Morgan fingerprint density at radius 2 is 1.88 bits per heavy atom. The fourth-order valence-electron chi connectivity index (χ4n) is 4.11. The van der Waals surface area contributed by atoms with E-state index < -0.39 is 12.0 Å². The molecule has 0 spiro atoms. The molecular weight excluding hydrogens is 446 g/mol. The van der Waals surface area contributed by atoms with Gasteiger partial charge in [0.15, 0.2) is 0 Å². The van der Waals surface area contributed by atoms with Crippen molar-refractivity contribution in [2.75, 3.05) is 52.9 Å². The van der Waals surface area contributed by atoms with Crippen molar-refractivity contribution in [3.8, 4) is 0 Å². The second-order valence-electron chi connectivity index (χ2n) is 8.03. The molecule has 0 radical (unpaired) electrons. The monoisotopic (exact) mass is 477 g/mol. The van der Waals surface area contributed by atoms with Gasteiger partial charge in [-0.1, -0.05) is 23.7 Å². The van der Waals surface area contributed by atoms with Gasteiger partial charge in [0.1, 0.15) is 0 Å². The van der Waals surface area contributed by atoms with Crippen molar-refractivity contribution in [2.24, 2.45) is 0 Å². The number of amides is 4. The van der Waals surface area contributed by atoms with Crippen molar-refractivity contribution in [2.45, 2.75) is 26.3 Å². The zero-order valence-corrected chi connectivity index (χ0v) is 20.2. The fourth-order valence-corrected chi connectivity index (χ4v) is 4.24. The van der Waals surface area contributed by atoms with Crippen LogP contribution in [0, 0.1) is 0 Å². The topological polar surface area (TPSA) is 94.2 Å². The number of carbonyl (C=O) groups excluding carboxylic acids is 3. The summed E-state index contributed by atoms with van der Waals surface area (Å²) in [5, 5.41) is 6.33. The molecule has 1 fully saturated rings. The maximum Gasteiger partial charge on any atom is 0.338 e. The van der Waals surface area contributed by atoms with Gasteiger partial charge in [-0.25, -0.2) is 14.4 Å². The van der Waals surface area contributed by atoms with Gasteiger partial charge in [0, 0.05) is 57.0 Å². The van der Waals surface area contributed by atoms with Crippen molar-refractivity contribution in [1.82, 2.24) is 25.3 Å². The van der Waals surface area contributed by atoms with E-state index in [1.165, 1.54) is 4.90 Å². The highest BCUT2D eigenvalue weighted by atomic mass is 35.5. The Bertz CT molecular complexity index is 905. The highest BCUT2D eigenvalue weighted by Gasteiger charge is 2.37. The number of rotatable bonds is 6. The van der Waals surface area contributed by atoms with Crippen LogP contribution in [0.3, 0.4) is 0 Å². The summed E-state index contributed by atoms with van der Waals surface area (Å²) in [5.41, 5.74) is 1.76. The number of urea groups is 2. The third-order valence-corrected chi connectivity index (χ3v) is 6.10. The third-order valence-electron chi connectivity index (χ3n) is 5.85. The number of likely N-dealkylation sites (N-methyl/N-ethyl adjacent to an activating group) is 1. The summed E-state index contributed by atoms with van der Waals surface area (Å²) in [7, 11) is 1.65. The number of carbonyl (C=O) groups is 3. The maximum atomic E-state index is 13.1. The van der Waals surface area contributed by atoms with Gasteiger partial charge in [-0.2, -0.15) is 0 Å². The summed E-state index contributed by atoms with van der Waals surface area (Å²) >= 11 is 6.04. The molecule has 0 aliphatic carbocycles. The van der Waals surface area contributed by atoms with Gasteiger partial charge in [-0.3, -0.25) is 9.80 Å². The van der Waals surface area contributed by atoms with Crippen LogP contribution in [-0.2, 0) is 9.53 Å². The first-order valence-corrected chi connectivity index (χ1v) is 11.7. The molecular formula is C23H32ClN5O4. The average molecular weight is 478 g/mol. The van der Waals surface area contributed by atoms with Gasteiger partial charge in [-0.15, -0.1) is 0 Å². The summed E-state index contributed by atoms with van der Waals surface area (Å²) in [4.78, 5) is 43.6.